The molecule has 254 valence electrons. The van der Waals surface area contributed by atoms with Gasteiger partial charge in [0.2, 0.25) is 23.6 Å². The first-order valence-electron chi connectivity index (χ1n) is 15.9. The molecule has 0 aliphatic rings. The van der Waals surface area contributed by atoms with E-state index in [0.29, 0.717) is 31.4 Å². The predicted molar refractivity (Wildman–Crippen MR) is 179 cm³/mol. The number of carbonyl (C=O) groups is 4. The van der Waals surface area contributed by atoms with Crippen LogP contribution in [0.3, 0.4) is 0 Å². The molecule has 4 atom stereocenters. The Kier molecular flexibility index (Phi) is 14.7. The SMILES string of the molecule is CC[C@@H](N)COCC(=O)N[C@H](Cc1ccc2ccccc2c1)C(=O)N(C)[C@H](Cc1ccc(F)cc1)C(=O)N[C@@H](CCCCN)C(N)=O. The quantitative estimate of drug-likeness (QED) is 0.123. The van der Waals surface area contributed by atoms with Gasteiger partial charge < -0.3 is 37.5 Å². The molecule has 3 aromatic carbocycles. The highest BCUT2D eigenvalue weighted by Gasteiger charge is 2.34. The van der Waals surface area contributed by atoms with Crippen molar-refractivity contribution < 1.29 is 28.3 Å². The van der Waals surface area contributed by atoms with Gasteiger partial charge in [-0.05, 0) is 66.3 Å². The van der Waals surface area contributed by atoms with Gasteiger partial charge in [-0.25, -0.2) is 4.39 Å². The number of carbonyl (C=O) groups excluding carboxylic acids is 4. The molecule has 11 nitrogen and oxygen atoms in total. The number of fused-ring (bicyclic) bond motifs is 1. The van der Waals surface area contributed by atoms with Gasteiger partial charge in [-0.15, -0.1) is 0 Å². The van der Waals surface area contributed by atoms with Gasteiger partial charge in [0.05, 0.1) is 6.61 Å². The molecule has 47 heavy (non-hydrogen) atoms. The van der Waals surface area contributed by atoms with Crippen LogP contribution in [0.25, 0.3) is 10.8 Å². The smallest absolute Gasteiger partial charge is 0.246 e. The third-order valence-corrected chi connectivity index (χ3v) is 8.04. The van der Waals surface area contributed by atoms with Gasteiger partial charge in [0.1, 0.15) is 30.5 Å². The van der Waals surface area contributed by atoms with Crippen molar-refractivity contribution in [1.29, 1.82) is 0 Å². The van der Waals surface area contributed by atoms with Gasteiger partial charge in [-0.2, -0.15) is 0 Å². The van der Waals surface area contributed by atoms with Gasteiger partial charge in [0.25, 0.3) is 0 Å². The molecule has 4 amide bonds. The van der Waals surface area contributed by atoms with E-state index in [0.717, 1.165) is 16.3 Å². The molecule has 8 N–H and O–H groups in total. The van der Waals surface area contributed by atoms with Crippen LogP contribution in [0.1, 0.15) is 43.7 Å². The number of hydrogen-bond acceptors (Lipinski definition) is 7. The summed E-state index contributed by atoms with van der Waals surface area (Å²) >= 11 is 0. The predicted octanol–water partition coefficient (Wildman–Crippen LogP) is 1.93. The summed E-state index contributed by atoms with van der Waals surface area (Å²) in [6, 6.07) is 15.7. The van der Waals surface area contributed by atoms with Crippen molar-refractivity contribution in [1.82, 2.24) is 15.5 Å². The topological polar surface area (TPSA) is 183 Å². The Morgan fingerprint density at radius 3 is 2.23 bits per heavy atom. The maximum atomic E-state index is 14.2. The first kappa shape index (κ1) is 37.1. The first-order valence-corrected chi connectivity index (χ1v) is 15.9. The van der Waals surface area contributed by atoms with E-state index in [-0.39, 0.29) is 38.5 Å². The minimum Gasteiger partial charge on any atom is -0.370 e. The minimum atomic E-state index is -1.13. The van der Waals surface area contributed by atoms with Crippen LogP contribution in [-0.2, 0) is 36.8 Å². The van der Waals surface area contributed by atoms with Gasteiger partial charge in [-0.1, -0.05) is 61.5 Å². The lowest BCUT2D eigenvalue weighted by molar-refractivity contribution is -0.143. The van der Waals surface area contributed by atoms with E-state index in [1.807, 2.05) is 49.4 Å². The van der Waals surface area contributed by atoms with Gasteiger partial charge in [-0.3, -0.25) is 19.2 Å². The molecule has 0 aliphatic heterocycles. The van der Waals surface area contributed by atoms with E-state index >= 15 is 0 Å². The number of unbranched alkanes of at least 4 members (excludes halogenated alkanes) is 1. The summed E-state index contributed by atoms with van der Waals surface area (Å²) in [6.45, 7) is 2.21. The molecule has 0 saturated carbocycles. The molecule has 0 heterocycles. The average Bonchev–Trinajstić information content (AvgIpc) is 3.06. The maximum Gasteiger partial charge on any atom is 0.246 e. The van der Waals surface area contributed by atoms with Crippen LogP contribution in [0.4, 0.5) is 4.39 Å². The van der Waals surface area contributed by atoms with Gasteiger partial charge >= 0.3 is 0 Å². The third-order valence-electron chi connectivity index (χ3n) is 8.04. The fraction of sp³-hybridized carbons (Fsp3) is 0.429. The monoisotopic (exact) mass is 650 g/mol. The lowest BCUT2D eigenvalue weighted by Crippen LogP contribution is -2.58. The van der Waals surface area contributed by atoms with Gasteiger partial charge in [0, 0.05) is 25.9 Å². The Morgan fingerprint density at radius 1 is 0.894 bits per heavy atom. The standard InChI is InChI=1S/C35H47FN6O5/c1-3-28(38)21-47-22-32(43)40-30(19-24-11-14-25-8-4-5-9-26(25)18-24)35(46)42(2)31(20-23-12-15-27(36)16-13-23)34(45)41-29(33(39)44)10-6-7-17-37/h4-5,8-9,11-16,18,28-31H,3,6-7,10,17,19-22,37-38H2,1-2H3,(H2,39,44)(H,40,43)(H,41,45)/t28-,29+,30-,31-/m1/s1. The molecule has 3 rings (SSSR count). The Hall–Kier alpha value is -4.39. The zero-order valence-electron chi connectivity index (χ0n) is 27.1. The maximum absolute atomic E-state index is 14.2. The van der Waals surface area contributed by atoms with Crippen molar-refractivity contribution in [2.24, 2.45) is 17.2 Å². The van der Waals surface area contributed by atoms with Crippen LogP contribution >= 0.6 is 0 Å². The fourth-order valence-electron chi connectivity index (χ4n) is 5.15. The van der Waals surface area contributed by atoms with Crippen LogP contribution in [0.5, 0.6) is 0 Å². The molecule has 12 heteroatoms. The zero-order chi connectivity index (χ0) is 34.3. The highest BCUT2D eigenvalue weighted by molar-refractivity contribution is 5.94. The number of primary amides is 1. The highest BCUT2D eigenvalue weighted by atomic mass is 19.1. The van der Waals surface area contributed by atoms with E-state index in [9.17, 15) is 23.6 Å². The first-order chi connectivity index (χ1) is 22.5. The molecule has 3 aromatic rings. The number of nitrogens with zero attached hydrogens (tertiary/aromatic N) is 1. The minimum absolute atomic E-state index is 0.0112. The number of rotatable bonds is 19. The number of nitrogens with one attached hydrogen (secondary N) is 2. The second-order valence-corrected chi connectivity index (χ2v) is 11.7. The number of ether oxygens (including phenoxy) is 1. The number of nitrogens with two attached hydrogens (primary N) is 3. The number of hydrogen-bond donors (Lipinski definition) is 5. The summed E-state index contributed by atoms with van der Waals surface area (Å²) in [5.74, 6) is -2.84. The van der Waals surface area contributed by atoms with Crippen LogP contribution in [0.15, 0.2) is 66.7 Å². The Balaban J connectivity index is 1.90. The van der Waals surface area contributed by atoms with Crippen molar-refractivity contribution in [2.45, 2.75) is 69.6 Å². The molecule has 0 fully saturated rings. The molecular weight excluding hydrogens is 603 g/mol. The Labute approximate surface area is 275 Å². The normalized spacial score (nSPS) is 13.7. The van der Waals surface area contributed by atoms with Crippen LogP contribution in [0.2, 0.25) is 0 Å². The van der Waals surface area contributed by atoms with Crippen molar-refractivity contribution in [2.75, 3.05) is 26.8 Å². The van der Waals surface area contributed by atoms with Crippen LogP contribution in [-0.4, -0.2) is 79.5 Å². The molecule has 0 spiro atoms. The van der Waals surface area contributed by atoms with E-state index in [4.69, 9.17) is 21.9 Å². The van der Waals surface area contributed by atoms with Gasteiger partial charge in [0.15, 0.2) is 0 Å². The van der Waals surface area contributed by atoms with Crippen molar-refractivity contribution >= 4 is 34.4 Å². The average molecular weight is 651 g/mol. The lowest BCUT2D eigenvalue weighted by Gasteiger charge is -2.32. The van der Waals surface area contributed by atoms with E-state index < -0.39 is 47.6 Å². The van der Waals surface area contributed by atoms with E-state index in [1.54, 1.807) is 0 Å². The fourth-order valence-corrected chi connectivity index (χ4v) is 5.15. The molecule has 0 aliphatic carbocycles. The molecule has 0 radical (unpaired) electrons. The molecule has 0 aromatic heterocycles. The summed E-state index contributed by atoms with van der Waals surface area (Å²) in [6.07, 6.45) is 2.30. The second-order valence-electron chi connectivity index (χ2n) is 11.7. The Morgan fingerprint density at radius 2 is 1.57 bits per heavy atom. The van der Waals surface area contributed by atoms with Crippen LogP contribution in [0, 0.1) is 5.82 Å². The van der Waals surface area contributed by atoms with Crippen LogP contribution < -0.4 is 27.8 Å². The number of benzene rings is 3. The molecular formula is C35H47FN6O5. The second kappa shape index (κ2) is 18.7. The zero-order valence-corrected chi connectivity index (χ0v) is 27.1. The summed E-state index contributed by atoms with van der Waals surface area (Å²) in [5.41, 5.74) is 18.5. The lowest BCUT2D eigenvalue weighted by atomic mass is 9.98. The number of halogens is 1. The van der Waals surface area contributed by atoms with Crippen molar-refractivity contribution in [3.63, 3.8) is 0 Å². The summed E-state index contributed by atoms with van der Waals surface area (Å²) < 4.78 is 19.2. The number of likely N-dealkylation sites (N-methyl/N-ethyl adjacent to an activating group) is 1. The molecule has 0 unspecified atom stereocenters. The largest absolute Gasteiger partial charge is 0.370 e. The van der Waals surface area contributed by atoms with Crippen molar-refractivity contribution in [3.05, 3.63) is 83.7 Å². The summed E-state index contributed by atoms with van der Waals surface area (Å²) in [4.78, 5) is 54.4. The van der Waals surface area contributed by atoms with E-state index in [2.05, 4.69) is 10.6 Å². The summed E-state index contributed by atoms with van der Waals surface area (Å²) in [5, 5.41) is 7.46. The molecule has 0 bridgehead atoms. The van der Waals surface area contributed by atoms with Crippen molar-refractivity contribution in [3.8, 4) is 0 Å². The van der Waals surface area contributed by atoms with E-state index in [1.165, 1.54) is 36.2 Å². The third kappa shape index (κ3) is 11.7. The highest BCUT2D eigenvalue weighted by Crippen LogP contribution is 2.18. The molecule has 0 saturated heterocycles. The Bertz CT molecular complexity index is 1490. The number of amides is 4. The summed E-state index contributed by atoms with van der Waals surface area (Å²) in [7, 11) is 1.46.